The lowest BCUT2D eigenvalue weighted by Crippen LogP contribution is -2.47. The molecule has 116 valence electrons. The number of hydrogen-bond donors (Lipinski definition) is 1. The van der Waals surface area contributed by atoms with Crippen molar-refractivity contribution in [3.63, 3.8) is 0 Å². The number of nitrogens with zero attached hydrogens (tertiary/aromatic N) is 3. The van der Waals surface area contributed by atoms with Gasteiger partial charge in [-0.3, -0.25) is 9.59 Å². The molecule has 2 heterocycles. The van der Waals surface area contributed by atoms with E-state index in [2.05, 4.69) is 29.4 Å². The predicted molar refractivity (Wildman–Crippen MR) is 82.1 cm³/mol. The molecule has 1 saturated heterocycles. The molecule has 0 spiro atoms. The van der Waals surface area contributed by atoms with E-state index < -0.39 is 0 Å². The van der Waals surface area contributed by atoms with Gasteiger partial charge in [0.2, 0.25) is 16.9 Å². The molecule has 2 amide bonds. The third kappa shape index (κ3) is 4.23. The van der Waals surface area contributed by atoms with Crippen LogP contribution in [0, 0.1) is 6.92 Å². The van der Waals surface area contributed by atoms with Crippen LogP contribution in [0.5, 0.6) is 0 Å². The maximum atomic E-state index is 12.3. The van der Waals surface area contributed by atoms with Gasteiger partial charge in [0.15, 0.2) is 0 Å². The van der Waals surface area contributed by atoms with Crippen molar-refractivity contribution in [2.24, 2.45) is 0 Å². The summed E-state index contributed by atoms with van der Waals surface area (Å²) in [6, 6.07) is 0.547. The van der Waals surface area contributed by atoms with E-state index in [-0.39, 0.29) is 36.7 Å². The Kier molecular flexibility index (Phi) is 5.27. The van der Waals surface area contributed by atoms with E-state index >= 15 is 0 Å². The van der Waals surface area contributed by atoms with Crippen molar-refractivity contribution in [3.8, 4) is 0 Å². The largest absolute Gasteiger partial charge is 0.337 e. The van der Waals surface area contributed by atoms with E-state index in [0.717, 1.165) is 17.8 Å². The Hall–Kier alpha value is -1.50. The molecular weight excluding hydrogens is 288 g/mol. The highest BCUT2D eigenvalue weighted by atomic mass is 32.1. The van der Waals surface area contributed by atoms with Gasteiger partial charge in [-0.25, -0.2) is 0 Å². The van der Waals surface area contributed by atoms with E-state index in [9.17, 15) is 9.59 Å². The van der Waals surface area contributed by atoms with Crippen molar-refractivity contribution in [3.05, 3.63) is 5.01 Å². The number of carbonyl (C=O) groups is 2. The number of anilines is 1. The number of rotatable bonds is 4. The van der Waals surface area contributed by atoms with E-state index in [1.165, 1.54) is 17.8 Å². The molecule has 0 aromatic carbocycles. The minimum atomic E-state index is -0.184. The Morgan fingerprint density at radius 2 is 1.90 bits per heavy atom. The minimum Gasteiger partial charge on any atom is -0.337 e. The minimum absolute atomic E-state index is 0.0679. The van der Waals surface area contributed by atoms with Gasteiger partial charge in [-0.1, -0.05) is 11.3 Å². The molecule has 0 aliphatic carbocycles. The Labute approximate surface area is 128 Å². The standard InChI is InChI=1S/C14H22N4O2S/c1-9-5-4-6-10(2)18(9)13(20)8-7-12(19)15-14-17-16-11(3)21-14/h9-10H,4-8H2,1-3H3,(H,15,17,19)/t9-,10-/m0/s1. The number of carbonyl (C=O) groups excluding carboxylic acids is 2. The van der Waals surface area contributed by atoms with Crippen molar-refractivity contribution < 1.29 is 9.59 Å². The lowest BCUT2D eigenvalue weighted by atomic mass is 9.97. The first kappa shape index (κ1) is 15.9. The Bertz CT molecular complexity index is 507. The fraction of sp³-hybridized carbons (Fsp3) is 0.714. The number of piperidine rings is 1. The fourth-order valence-corrected chi connectivity index (χ4v) is 3.40. The molecule has 1 aromatic heterocycles. The molecule has 2 atom stereocenters. The zero-order valence-corrected chi connectivity index (χ0v) is 13.6. The van der Waals surface area contributed by atoms with E-state index in [4.69, 9.17) is 0 Å². The van der Waals surface area contributed by atoms with Crippen LogP contribution in [0.25, 0.3) is 0 Å². The highest BCUT2D eigenvalue weighted by Gasteiger charge is 2.28. The first-order valence-electron chi connectivity index (χ1n) is 7.38. The second-order valence-electron chi connectivity index (χ2n) is 5.60. The Morgan fingerprint density at radius 1 is 1.24 bits per heavy atom. The average molecular weight is 310 g/mol. The first-order valence-corrected chi connectivity index (χ1v) is 8.20. The van der Waals surface area contributed by atoms with Crippen molar-refractivity contribution in [2.45, 2.75) is 65.0 Å². The molecule has 7 heteroatoms. The summed E-state index contributed by atoms with van der Waals surface area (Å²) in [5.74, 6) is -0.116. The van der Waals surface area contributed by atoms with Gasteiger partial charge in [-0.05, 0) is 40.0 Å². The number of hydrogen-bond acceptors (Lipinski definition) is 5. The third-order valence-corrected chi connectivity index (χ3v) is 4.57. The van der Waals surface area contributed by atoms with Crippen LogP contribution in [0.15, 0.2) is 0 Å². The van der Waals surface area contributed by atoms with Crippen LogP contribution < -0.4 is 5.32 Å². The molecule has 0 saturated carbocycles. The lowest BCUT2D eigenvalue weighted by Gasteiger charge is -2.39. The predicted octanol–water partition coefficient (Wildman–Crippen LogP) is 2.35. The Morgan fingerprint density at radius 3 is 2.48 bits per heavy atom. The van der Waals surface area contributed by atoms with E-state index in [1.54, 1.807) is 0 Å². The van der Waals surface area contributed by atoms with Crippen LogP contribution in [0.3, 0.4) is 0 Å². The van der Waals surface area contributed by atoms with Gasteiger partial charge >= 0.3 is 0 Å². The Balaban J connectivity index is 1.81. The van der Waals surface area contributed by atoms with Crippen molar-refractivity contribution in [2.75, 3.05) is 5.32 Å². The molecule has 1 aliphatic heterocycles. The van der Waals surface area contributed by atoms with Gasteiger partial charge < -0.3 is 10.2 Å². The monoisotopic (exact) mass is 310 g/mol. The molecule has 1 aliphatic rings. The number of likely N-dealkylation sites (tertiary alicyclic amines) is 1. The van der Waals surface area contributed by atoms with E-state index in [0.29, 0.717) is 5.13 Å². The van der Waals surface area contributed by atoms with Crippen LogP contribution in [0.2, 0.25) is 0 Å². The van der Waals surface area contributed by atoms with Gasteiger partial charge in [0.05, 0.1) is 0 Å². The van der Waals surface area contributed by atoms with Gasteiger partial charge in [0.25, 0.3) is 0 Å². The number of aromatic nitrogens is 2. The van der Waals surface area contributed by atoms with Gasteiger partial charge in [0, 0.05) is 24.9 Å². The summed E-state index contributed by atoms with van der Waals surface area (Å²) in [5.41, 5.74) is 0. The molecule has 1 N–H and O–H groups in total. The number of aryl methyl sites for hydroxylation is 1. The highest BCUT2D eigenvalue weighted by Crippen LogP contribution is 2.23. The van der Waals surface area contributed by atoms with Crippen molar-refractivity contribution >= 4 is 28.3 Å². The molecule has 1 aromatic rings. The zero-order valence-electron chi connectivity index (χ0n) is 12.8. The second-order valence-corrected chi connectivity index (χ2v) is 6.79. The smallest absolute Gasteiger partial charge is 0.226 e. The van der Waals surface area contributed by atoms with Crippen LogP contribution in [0.1, 0.15) is 51.0 Å². The molecule has 2 rings (SSSR count). The molecular formula is C14H22N4O2S. The summed E-state index contributed by atoms with van der Waals surface area (Å²) in [6.45, 7) is 5.99. The summed E-state index contributed by atoms with van der Waals surface area (Å²) in [7, 11) is 0. The highest BCUT2D eigenvalue weighted by molar-refractivity contribution is 7.15. The molecule has 0 bridgehead atoms. The quantitative estimate of drug-likeness (QED) is 0.926. The van der Waals surface area contributed by atoms with Crippen LogP contribution in [-0.2, 0) is 9.59 Å². The maximum absolute atomic E-state index is 12.3. The van der Waals surface area contributed by atoms with Crippen LogP contribution in [0.4, 0.5) is 5.13 Å². The maximum Gasteiger partial charge on any atom is 0.226 e. The third-order valence-electron chi connectivity index (χ3n) is 3.82. The molecule has 0 radical (unpaired) electrons. The molecule has 1 fully saturated rings. The summed E-state index contributed by atoms with van der Waals surface area (Å²) < 4.78 is 0. The van der Waals surface area contributed by atoms with Crippen LogP contribution in [-0.4, -0.2) is 39.0 Å². The first-order chi connectivity index (χ1) is 9.97. The molecule has 21 heavy (non-hydrogen) atoms. The summed E-state index contributed by atoms with van der Waals surface area (Å²) >= 11 is 1.33. The molecule has 0 unspecified atom stereocenters. The van der Waals surface area contributed by atoms with Crippen LogP contribution >= 0.6 is 11.3 Å². The topological polar surface area (TPSA) is 75.2 Å². The summed E-state index contributed by atoms with van der Waals surface area (Å²) in [5, 5.41) is 11.6. The number of amides is 2. The van der Waals surface area contributed by atoms with Crippen molar-refractivity contribution in [1.29, 1.82) is 0 Å². The van der Waals surface area contributed by atoms with Gasteiger partial charge in [-0.2, -0.15) is 0 Å². The number of nitrogens with one attached hydrogen (secondary N) is 1. The fourth-order valence-electron chi connectivity index (χ4n) is 2.79. The van der Waals surface area contributed by atoms with Gasteiger partial charge in [-0.15, -0.1) is 10.2 Å². The second kappa shape index (κ2) is 6.98. The summed E-state index contributed by atoms with van der Waals surface area (Å²) in [4.78, 5) is 26.1. The SMILES string of the molecule is Cc1nnc(NC(=O)CCC(=O)N2[C@@H](C)CCC[C@@H]2C)s1. The average Bonchev–Trinajstić information content (AvgIpc) is 2.81. The normalized spacial score (nSPS) is 22.1. The van der Waals surface area contributed by atoms with E-state index in [1.807, 2.05) is 11.8 Å². The molecule has 6 nitrogen and oxygen atoms in total. The summed E-state index contributed by atoms with van der Waals surface area (Å²) in [6.07, 6.45) is 3.70. The van der Waals surface area contributed by atoms with Crippen molar-refractivity contribution in [1.82, 2.24) is 15.1 Å². The van der Waals surface area contributed by atoms with Gasteiger partial charge in [0.1, 0.15) is 5.01 Å². The zero-order chi connectivity index (χ0) is 15.4. The lowest BCUT2D eigenvalue weighted by molar-refractivity contribution is -0.138.